The number of likely N-dealkylation sites (tertiary alicyclic amines) is 1. The minimum Gasteiger partial charge on any atom is -0.480 e. The van der Waals surface area contributed by atoms with Crippen LogP contribution in [0.4, 0.5) is 10.5 Å². The Bertz CT molecular complexity index is 572. The first-order valence-corrected chi connectivity index (χ1v) is 7.44. The smallest absolute Gasteiger partial charge is 0.326 e. The first kappa shape index (κ1) is 13.9. The van der Waals surface area contributed by atoms with E-state index in [2.05, 4.69) is 5.32 Å². The van der Waals surface area contributed by atoms with E-state index in [4.69, 9.17) is 0 Å². The van der Waals surface area contributed by atoms with Crippen LogP contribution in [0.15, 0.2) is 24.3 Å². The van der Waals surface area contributed by atoms with Crippen LogP contribution in [-0.2, 0) is 4.79 Å². The SMILES string of the molecule is Cc1ccccc1NC(=O)N1CC2CCCC2C1C(=O)O. The van der Waals surface area contributed by atoms with Gasteiger partial charge in [-0.1, -0.05) is 24.6 Å². The van der Waals surface area contributed by atoms with Gasteiger partial charge in [-0.25, -0.2) is 9.59 Å². The number of anilines is 1. The molecule has 21 heavy (non-hydrogen) atoms. The number of nitrogens with one attached hydrogen (secondary N) is 1. The highest BCUT2D eigenvalue weighted by molar-refractivity contribution is 5.93. The number of hydrogen-bond donors (Lipinski definition) is 2. The first-order valence-electron chi connectivity index (χ1n) is 7.44. The van der Waals surface area contributed by atoms with Crippen LogP contribution < -0.4 is 5.32 Å². The van der Waals surface area contributed by atoms with E-state index in [1.807, 2.05) is 31.2 Å². The molecule has 1 aliphatic heterocycles. The van der Waals surface area contributed by atoms with E-state index in [1.54, 1.807) is 0 Å². The summed E-state index contributed by atoms with van der Waals surface area (Å²) in [6.07, 6.45) is 3.02. The Kier molecular flexibility index (Phi) is 3.57. The minimum atomic E-state index is -0.885. The number of nitrogens with zero attached hydrogens (tertiary/aromatic N) is 1. The lowest BCUT2D eigenvalue weighted by Crippen LogP contribution is -2.45. The zero-order valence-electron chi connectivity index (χ0n) is 12.1. The van der Waals surface area contributed by atoms with Gasteiger partial charge in [-0.05, 0) is 43.2 Å². The summed E-state index contributed by atoms with van der Waals surface area (Å²) in [7, 11) is 0. The molecule has 5 heteroatoms. The highest BCUT2D eigenvalue weighted by atomic mass is 16.4. The molecule has 2 fully saturated rings. The highest BCUT2D eigenvalue weighted by Crippen LogP contribution is 2.42. The van der Waals surface area contributed by atoms with E-state index in [1.165, 1.54) is 4.90 Å². The molecule has 2 amide bonds. The number of amides is 2. The average Bonchev–Trinajstić information content (AvgIpc) is 3.00. The Labute approximate surface area is 123 Å². The molecule has 3 unspecified atom stereocenters. The summed E-state index contributed by atoms with van der Waals surface area (Å²) in [6.45, 7) is 2.47. The Hall–Kier alpha value is -2.04. The molecule has 2 N–H and O–H groups in total. The maximum absolute atomic E-state index is 12.5. The van der Waals surface area contributed by atoms with Crippen molar-refractivity contribution in [3.8, 4) is 0 Å². The molecule has 1 aromatic rings. The van der Waals surface area contributed by atoms with Gasteiger partial charge < -0.3 is 15.3 Å². The number of benzene rings is 1. The third-order valence-electron chi connectivity index (χ3n) is 4.79. The van der Waals surface area contributed by atoms with E-state index in [0.29, 0.717) is 12.5 Å². The maximum Gasteiger partial charge on any atom is 0.326 e. The zero-order valence-corrected chi connectivity index (χ0v) is 12.1. The van der Waals surface area contributed by atoms with Gasteiger partial charge in [-0.2, -0.15) is 0 Å². The number of carbonyl (C=O) groups excluding carboxylic acids is 1. The van der Waals surface area contributed by atoms with Crippen molar-refractivity contribution in [3.63, 3.8) is 0 Å². The van der Waals surface area contributed by atoms with Crippen molar-refractivity contribution in [2.24, 2.45) is 11.8 Å². The van der Waals surface area contributed by atoms with Crippen molar-refractivity contribution >= 4 is 17.7 Å². The number of rotatable bonds is 2. The minimum absolute atomic E-state index is 0.116. The number of aliphatic carboxylic acids is 1. The van der Waals surface area contributed by atoms with Crippen molar-refractivity contribution in [1.82, 2.24) is 4.90 Å². The number of aryl methyl sites for hydroxylation is 1. The molecule has 0 radical (unpaired) electrons. The molecule has 1 heterocycles. The fourth-order valence-corrected chi connectivity index (χ4v) is 3.73. The zero-order chi connectivity index (χ0) is 15.0. The van der Waals surface area contributed by atoms with Crippen LogP contribution in [0.5, 0.6) is 0 Å². The van der Waals surface area contributed by atoms with Crippen molar-refractivity contribution in [2.75, 3.05) is 11.9 Å². The molecule has 0 spiro atoms. The second-order valence-corrected chi connectivity index (χ2v) is 6.04. The second-order valence-electron chi connectivity index (χ2n) is 6.04. The Balaban J connectivity index is 1.78. The van der Waals surface area contributed by atoms with Crippen LogP contribution in [0.1, 0.15) is 24.8 Å². The van der Waals surface area contributed by atoms with E-state index in [0.717, 1.165) is 30.5 Å². The van der Waals surface area contributed by atoms with Crippen LogP contribution in [0, 0.1) is 18.8 Å². The number of urea groups is 1. The average molecular weight is 288 g/mol. The molecular formula is C16H20N2O3. The lowest BCUT2D eigenvalue weighted by atomic mass is 9.94. The Morgan fingerprint density at radius 1 is 1.29 bits per heavy atom. The summed E-state index contributed by atoms with van der Waals surface area (Å²) < 4.78 is 0. The van der Waals surface area contributed by atoms with Crippen molar-refractivity contribution in [3.05, 3.63) is 29.8 Å². The van der Waals surface area contributed by atoms with Crippen molar-refractivity contribution in [2.45, 2.75) is 32.2 Å². The first-order chi connectivity index (χ1) is 10.1. The summed E-state index contributed by atoms with van der Waals surface area (Å²) in [5.74, 6) is -0.428. The third kappa shape index (κ3) is 2.48. The van der Waals surface area contributed by atoms with Crippen LogP contribution in [0.3, 0.4) is 0 Å². The van der Waals surface area contributed by atoms with Gasteiger partial charge in [-0.15, -0.1) is 0 Å². The number of carbonyl (C=O) groups is 2. The van der Waals surface area contributed by atoms with Gasteiger partial charge in [0.2, 0.25) is 0 Å². The molecular weight excluding hydrogens is 268 g/mol. The van der Waals surface area contributed by atoms with Gasteiger partial charge >= 0.3 is 12.0 Å². The summed E-state index contributed by atoms with van der Waals surface area (Å²) in [5.41, 5.74) is 1.71. The molecule has 5 nitrogen and oxygen atoms in total. The molecule has 1 aromatic carbocycles. The molecule has 3 atom stereocenters. The predicted octanol–water partition coefficient (Wildman–Crippen LogP) is 2.71. The largest absolute Gasteiger partial charge is 0.480 e. The van der Waals surface area contributed by atoms with Gasteiger partial charge in [0.25, 0.3) is 0 Å². The number of carboxylic acid groups (broad SMARTS) is 1. The molecule has 112 valence electrons. The van der Waals surface area contributed by atoms with Crippen molar-refractivity contribution in [1.29, 1.82) is 0 Å². The van der Waals surface area contributed by atoms with Gasteiger partial charge in [0, 0.05) is 12.2 Å². The second kappa shape index (κ2) is 5.39. The highest BCUT2D eigenvalue weighted by Gasteiger charge is 2.49. The fourth-order valence-electron chi connectivity index (χ4n) is 3.73. The van der Waals surface area contributed by atoms with E-state index in [-0.39, 0.29) is 11.9 Å². The van der Waals surface area contributed by atoms with Crippen LogP contribution in [-0.4, -0.2) is 34.6 Å². The Morgan fingerprint density at radius 3 is 2.76 bits per heavy atom. The van der Waals surface area contributed by atoms with Crippen LogP contribution in [0.2, 0.25) is 0 Å². The lowest BCUT2D eigenvalue weighted by Gasteiger charge is -2.25. The lowest BCUT2D eigenvalue weighted by molar-refractivity contribution is -0.142. The van der Waals surface area contributed by atoms with Crippen LogP contribution >= 0.6 is 0 Å². The summed E-state index contributed by atoms with van der Waals surface area (Å²) in [4.78, 5) is 25.5. The summed E-state index contributed by atoms with van der Waals surface area (Å²) >= 11 is 0. The van der Waals surface area contributed by atoms with Gasteiger partial charge in [0.15, 0.2) is 0 Å². The maximum atomic E-state index is 12.5. The van der Waals surface area contributed by atoms with E-state index in [9.17, 15) is 14.7 Å². The number of para-hydroxylation sites is 1. The molecule has 0 aromatic heterocycles. The monoisotopic (exact) mass is 288 g/mol. The van der Waals surface area contributed by atoms with E-state index >= 15 is 0 Å². The molecule has 2 aliphatic rings. The quantitative estimate of drug-likeness (QED) is 0.879. The van der Waals surface area contributed by atoms with Gasteiger partial charge in [0.1, 0.15) is 6.04 Å². The van der Waals surface area contributed by atoms with E-state index < -0.39 is 12.0 Å². The fraction of sp³-hybridized carbons (Fsp3) is 0.500. The van der Waals surface area contributed by atoms with Crippen molar-refractivity contribution < 1.29 is 14.7 Å². The molecule has 3 rings (SSSR count). The predicted molar refractivity (Wildman–Crippen MR) is 79.2 cm³/mol. The Morgan fingerprint density at radius 2 is 2.05 bits per heavy atom. The summed E-state index contributed by atoms with van der Waals surface area (Å²) in [6, 6.07) is 6.54. The summed E-state index contributed by atoms with van der Waals surface area (Å²) in [5, 5.41) is 12.3. The molecule has 1 aliphatic carbocycles. The molecule has 1 saturated heterocycles. The third-order valence-corrected chi connectivity index (χ3v) is 4.79. The number of carboxylic acids is 1. The molecule has 1 saturated carbocycles. The number of fused-ring (bicyclic) bond motifs is 1. The number of hydrogen-bond acceptors (Lipinski definition) is 2. The van der Waals surface area contributed by atoms with Crippen LogP contribution in [0.25, 0.3) is 0 Å². The molecule has 0 bridgehead atoms. The normalized spacial score (nSPS) is 27.5. The van der Waals surface area contributed by atoms with Gasteiger partial charge in [0.05, 0.1) is 0 Å². The standard InChI is InChI=1S/C16H20N2O3/c1-10-5-2-3-8-13(10)17-16(21)18-9-11-6-4-7-12(11)14(18)15(19)20/h2-3,5,8,11-12,14H,4,6-7,9H2,1H3,(H,17,21)(H,19,20). The topological polar surface area (TPSA) is 69.6 Å². The van der Waals surface area contributed by atoms with Gasteiger partial charge in [-0.3, -0.25) is 0 Å².